The van der Waals surface area contributed by atoms with Gasteiger partial charge in [0.15, 0.2) is 0 Å². The molecule has 0 aliphatic heterocycles. The van der Waals surface area contributed by atoms with Gasteiger partial charge in [-0.25, -0.2) is 0 Å². The second-order valence-corrected chi connectivity index (χ2v) is 2.06. The van der Waals surface area contributed by atoms with Crippen molar-refractivity contribution < 1.29 is 4.74 Å². The van der Waals surface area contributed by atoms with E-state index in [2.05, 4.69) is 0 Å². The highest BCUT2D eigenvalue weighted by Gasteiger charge is 1.96. The van der Waals surface area contributed by atoms with Crippen LogP contribution in [0, 0.1) is 0 Å². The van der Waals surface area contributed by atoms with Gasteiger partial charge in [-0.2, -0.15) is 0 Å². The molecular formula is C6H16N2O. The fourth-order valence-electron chi connectivity index (χ4n) is 0.608. The Kier molecular flexibility index (Phi) is 5.93. The lowest BCUT2D eigenvalue weighted by molar-refractivity contribution is 0.0987. The highest BCUT2D eigenvalue weighted by molar-refractivity contribution is 4.48. The van der Waals surface area contributed by atoms with Crippen molar-refractivity contribution in [3.63, 3.8) is 0 Å². The van der Waals surface area contributed by atoms with Crippen LogP contribution >= 0.6 is 0 Å². The van der Waals surface area contributed by atoms with E-state index in [1.165, 1.54) is 0 Å². The lowest BCUT2D eigenvalue weighted by Crippen LogP contribution is -2.21. The zero-order valence-corrected chi connectivity index (χ0v) is 5.97. The highest BCUT2D eigenvalue weighted by Crippen LogP contribution is 1.96. The van der Waals surface area contributed by atoms with Crippen LogP contribution in [-0.4, -0.2) is 19.9 Å². The molecule has 0 saturated carbocycles. The second kappa shape index (κ2) is 6.01. The first-order chi connectivity index (χ1) is 4.31. The minimum absolute atomic E-state index is 0.100. The zero-order valence-electron chi connectivity index (χ0n) is 5.97. The third-order valence-corrected chi connectivity index (χ3v) is 1.25. The molecule has 56 valence electrons. The van der Waals surface area contributed by atoms with Gasteiger partial charge in [-0.1, -0.05) is 0 Å². The molecule has 0 fully saturated rings. The van der Waals surface area contributed by atoms with Gasteiger partial charge in [-0.05, 0) is 25.8 Å². The first-order valence-electron chi connectivity index (χ1n) is 3.29. The summed E-state index contributed by atoms with van der Waals surface area (Å²) in [4.78, 5) is 0. The minimum atomic E-state index is -0.100. The summed E-state index contributed by atoms with van der Waals surface area (Å²) in [6, 6.07) is 0. The molecule has 0 bridgehead atoms. The van der Waals surface area contributed by atoms with Gasteiger partial charge in [0.2, 0.25) is 0 Å². The molecule has 0 rings (SSSR count). The van der Waals surface area contributed by atoms with Gasteiger partial charge in [0.1, 0.15) is 6.23 Å². The number of nitrogens with two attached hydrogens (primary N) is 2. The molecule has 0 saturated heterocycles. The Morgan fingerprint density at radius 2 is 2.11 bits per heavy atom. The van der Waals surface area contributed by atoms with Crippen molar-refractivity contribution in [3.05, 3.63) is 0 Å². The third-order valence-electron chi connectivity index (χ3n) is 1.25. The predicted octanol–water partition coefficient (Wildman–Crippen LogP) is 0.0466. The number of hydrogen-bond donors (Lipinski definition) is 2. The molecule has 9 heavy (non-hydrogen) atoms. The summed E-state index contributed by atoms with van der Waals surface area (Å²) in [5.41, 5.74) is 10.7. The molecular weight excluding hydrogens is 116 g/mol. The van der Waals surface area contributed by atoms with E-state index in [1.54, 1.807) is 7.11 Å². The van der Waals surface area contributed by atoms with Crippen LogP contribution in [0.15, 0.2) is 0 Å². The van der Waals surface area contributed by atoms with E-state index in [4.69, 9.17) is 16.2 Å². The Morgan fingerprint density at radius 1 is 1.44 bits per heavy atom. The lowest BCUT2D eigenvalue weighted by atomic mass is 10.2. The maximum absolute atomic E-state index is 5.45. The molecule has 0 aromatic heterocycles. The first kappa shape index (κ1) is 8.88. The standard InChI is InChI=1S/C6H16N2O/c1-9-6(8)4-2-3-5-7/h6H,2-5,7-8H2,1H3. The molecule has 0 aromatic carbocycles. The molecule has 4 N–H and O–H groups in total. The minimum Gasteiger partial charge on any atom is -0.367 e. The van der Waals surface area contributed by atoms with E-state index in [9.17, 15) is 0 Å². The Hall–Kier alpha value is -0.120. The molecule has 0 radical (unpaired) electrons. The quantitative estimate of drug-likeness (QED) is 0.410. The van der Waals surface area contributed by atoms with Gasteiger partial charge >= 0.3 is 0 Å². The number of rotatable bonds is 5. The number of ether oxygens (including phenoxy) is 1. The molecule has 0 amide bonds. The molecule has 0 heterocycles. The van der Waals surface area contributed by atoms with Gasteiger partial charge in [-0.3, -0.25) is 0 Å². The maximum Gasteiger partial charge on any atom is 0.105 e. The monoisotopic (exact) mass is 132 g/mol. The molecule has 0 spiro atoms. The zero-order chi connectivity index (χ0) is 7.11. The Labute approximate surface area is 56.4 Å². The number of methoxy groups -OCH3 is 1. The van der Waals surface area contributed by atoms with Crippen molar-refractivity contribution in [2.75, 3.05) is 13.7 Å². The molecule has 3 heteroatoms. The predicted molar refractivity (Wildman–Crippen MR) is 37.9 cm³/mol. The Bertz CT molecular complexity index is 59.0. The summed E-state index contributed by atoms with van der Waals surface area (Å²) in [5, 5.41) is 0. The van der Waals surface area contributed by atoms with Crippen LogP contribution < -0.4 is 11.5 Å². The largest absolute Gasteiger partial charge is 0.367 e. The first-order valence-corrected chi connectivity index (χ1v) is 3.29. The average Bonchev–Trinajstić information content (AvgIpc) is 1.89. The molecule has 3 nitrogen and oxygen atoms in total. The average molecular weight is 132 g/mol. The normalized spacial score (nSPS) is 13.7. The number of hydrogen-bond acceptors (Lipinski definition) is 3. The lowest BCUT2D eigenvalue weighted by Gasteiger charge is -2.07. The van der Waals surface area contributed by atoms with Crippen LogP contribution in [0.4, 0.5) is 0 Å². The van der Waals surface area contributed by atoms with E-state index >= 15 is 0 Å². The SMILES string of the molecule is COC(N)CCCCN. The third kappa shape index (κ3) is 5.76. The Morgan fingerprint density at radius 3 is 2.56 bits per heavy atom. The van der Waals surface area contributed by atoms with Crippen molar-refractivity contribution in [3.8, 4) is 0 Å². The highest BCUT2D eigenvalue weighted by atomic mass is 16.5. The summed E-state index contributed by atoms with van der Waals surface area (Å²) in [6.45, 7) is 0.746. The van der Waals surface area contributed by atoms with Crippen LogP contribution in [0.25, 0.3) is 0 Å². The second-order valence-electron chi connectivity index (χ2n) is 2.06. The molecule has 0 aliphatic rings. The van der Waals surface area contributed by atoms with Gasteiger partial charge in [-0.15, -0.1) is 0 Å². The summed E-state index contributed by atoms with van der Waals surface area (Å²) < 4.78 is 4.83. The summed E-state index contributed by atoms with van der Waals surface area (Å²) in [6.07, 6.45) is 2.91. The van der Waals surface area contributed by atoms with E-state index < -0.39 is 0 Å². The molecule has 1 atom stereocenters. The molecule has 0 aliphatic carbocycles. The van der Waals surface area contributed by atoms with E-state index in [1.807, 2.05) is 0 Å². The maximum atomic E-state index is 5.45. The fraction of sp³-hybridized carbons (Fsp3) is 1.00. The fourth-order valence-corrected chi connectivity index (χ4v) is 0.608. The smallest absolute Gasteiger partial charge is 0.105 e. The van der Waals surface area contributed by atoms with Crippen molar-refractivity contribution >= 4 is 0 Å². The van der Waals surface area contributed by atoms with Gasteiger partial charge in [0.05, 0.1) is 0 Å². The van der Waals surface area contributed by atoms with Crippen LogP contribution in [0.1, 0.15) is 19.3 Å². The van der Waals surface area contributed by atoms with Crippen LogP contribution in [-0.2, 0) is 4.74 Å². The van der Waals surface area contributed by atoms with E-state index in [0.29, 0.717) is 0 Å². The summed E-state index contributed by atoms with van der Waals surface area (Å²) >= 11 is 0. The van der Waals surface area contributed by atoms with Crippen LogP contribution in [0.5, 0.6) is 0 Å². The van der Waals surface area contributed by atoms with Crippen molar-refractivity contribution in [2.45, 2.75) is 25.5 Å². The number of unbranched alkanes of at least 4 members (excludes halogenated alkanes) is 1. The molecule has 0 aromatic rings. The van der Waals surface area contributed by atoms with Crippen LogP contribution in [0.3, 0.4) is 0 Å². The van der Waals surface area contributed by atoms with Gasteiger partial charge in [0, 0.05) is 7.11 Å². The van der Waals surface area contributed by atoms with E-state index in [-0.39, 0.29) is 6.23 Å². The van der Waals surface area contributed by atoms with Crippen molar-refractivity contribution in [1.82, 2.24) is 0 Å². The summed E-state index contributed by atoms with van der Waals surface area (Å²) in [7, 11) is 1.62. The van der Waals surface area contributed by atoms with Crippen LogP contribution in [0.2, 0.25) is 0 Å². The van der Waals surface area contributed by atoms with E-state index in [0.717, 1.165) is 25.8 Å². The van der Waals surface area contributed by atoms with Gasteiger partial charge in [0.25, 0.3) is 0 Å². The molecule has 1 unspecified atom stereocenters. The van der Waals surface area contributed by atoms with Crippen molar-refractivity contribution in [1.29, 1.82) is 0 Å². The Balaban J connectivity index is 2.88. The summed E-state index contributed by atoms with van der Waals surface area (Å²) in [5.74, 6) is 0. The van der Waals surface area contributed by atoms with Crippen molar-refractivity contribution in [2.24, 2.45) is 11.5 Å². The topological polar surface area (TPSA) is 61.3 Å². The van der Waals surface area contributed by atoms with Gasteiger partial charge < -0.3 is 16.2 Å².